The Bertz CT molecular complexity index is 607. The average molecular weight is 283 g/mol. The van der Waals surface area contributed by atoms with Gasteiger partial charge in [0, 0.05) is 14.1 Å². The Kier molecular flexibility index (Phi) is 3.64. The summed E-state index contributed by atoms with van der Waals surface area (Å²) in [5.74, 6) is -0.567. The minimum absolute atomic E-state index is 0.279. The van der Waals surface area contributed by atoms with E-state index in [1.165, 1.54) is 25.5 Å². The van der Waals surface area contributed by atoms with Crippen molar-refractivity contribution in [3.05, 3.63) is 29.3 Å². The van der Waals surface area contributed by atoms with Gasteiger partial charge in [-0.05, 0) is 30.0 Å². The first-order valence-electron chi connectivity index (χ1n) is 5.99. The van der Waals surface area contributed by atoms with E-state index in [0.29, 0.717) is 17.7 Å². The summed E-state index contributed by atoms with van der Waals surface area (Å²) < 4.78 is 30.4. The minimum atomic E-state index is -3.48. The molecule has 0 aliphatic heterocycles. The molecule has 5 nitrogen and oxygen atoms in total. The molecule has 0 N–H and O–H groups in total. The predicted molar refractivity (Wildman–Crippen MR) is 70.2 cm³/mol. The van der Waals surface area contributed by atoms with Crippen LogP contribution in [0.15, 0.2) is 23.1 Å². The third kappa shape index (κ3) is 2.37. The monoisotopic (exact) mass is 283 g/mol. The van der Waals surface area contributed by atoms with E-state index < -0.39 is 10.0 Å². The summed E-state index contributed by atoms with van der Waals surface area (Å²) in [5.41, 5.74) is 1.66. The van der Waals surface area contributed by atoms with E-state index in [1.54, 1.807) is 12.1 Å². The molecule has 104 valence electrons. The summed E-state index contributed by atoms with van der Waals surface area (Å²) in [5, 5.41) is 0. The summed E-state index contributed by atoms with van der Waals surface area (Å²) in [4.78, 5) is 11.9. The molecule has 6 heteroatoms. The van der Waals surface area contributed by atoms with Crippen LogP contribution >= 0.6 is 0 Å². The standard InChI is InChI=1S/C13H17NO4S/c1-14(2)19(16,17)12-6-4-5-9-7-10(8-11(9)12)13(15)18-3/h4-6,10H,7-8H2,1-3H3/t10-/m1/s1. The minimum Gasteiger partial charge on any atom is -0.469 e. The second-order valence-electron chi connectivity index (χ2n) is 4.81. The lowest BCUT2D eigenvalue weighted by Crippen LogP contribution is -2.23. The molecule has 1 aliphatic rings. The maximum absolute atomic E-state index is 12.2. The first kappa shape index (κ1) is 14.0. The second-order valence-corrected chi connectivity index (χ2v) is 6.93. The highest BCUT2D eigenvalue weighted by molar-refractivity contribution is 7.89. The smallest absolute Gasteiger partial charge is 0.309 e. The maximum atomic E-state index is 12.2. The zero-order valence-corrected chi connectivity index (χ0v) is 12.0. The molecule has 0 heterocycles. The zero-order chi connectivity index (χ0) is 14.2. The third-order valence-corrected chi connectivity index (χ3v) is 5.34. The van der Waals surface area contributed by atoms with Gasteiger partial charge in [0.1, 0.15) is 0 Å². The Morgan fingerprint density at radius 2 is 2.00 bits per heavy atom. The lowest BCUT2D eigenvalue weighted by Gasteiger charge is -2.14. The van der Waals surface area contributed by atoms with Gasteiger partial charge in [-0.25, -0.2) is 12.7 Å². The van der Waals surface area contributed by atoms with Gasteiger partial charge in [-0.15, -0.1) is 0 Å². The van der Waals surface area contributed by atoms with E-state index in [2.05, 4.69) is 0 Å². The molecule has 1 aromatic rings. The highest BCUT2D eigenvalue weighted by atomic mass is 32.2. The van der Waals surface area contributed by atoms with Crippen LogP contribution in [0.2, 0.25) is 0 Å². The number of carbonyl (C=O) groups excluding carboxylic acids is 1. The van der Waals surface area contributed by atoms with Crippen molar-refractivity contribution in [1.82, 2.24) is 4.31 Å². The quantitative estimate of drug-likeness (QED) is 0.771. The number of rotatable bonds is 3. The number of esters is 1. The zero-order valence-electron chi connectivity index (χ0n) is 11.2. The normalized spacial score (nSPS) is 18.4. The van der Waals surface area contributed by atoms with E-state index >= 15 is 0 Å². The van der Waals surface area contributed by atoms with Crippen molar-refractivity contribution in [2.45, 2.75) is 17.7 Å². The number of fused-ring (bicyclic) bond motifs is 1. The maximum Gasteiger partial charge on any atom is 0.309 e. The van der Waals surface area contributed by atoms with Crippen LogP contribution in [0.1, 0.15) is 11.1 Å². The molecule has 0 spiro atoms. The van der Waals surface area contributed by atoms with Crippen molar-refractivity contribution in [2.75, 3.05) is 21.2 Å². The van der Waals surface area contributed by atoms with Crippen LogP contribution < -0.4 is 0 Å². The molecule has 1 aliphatic carbocycles. The molecule has 1 atom stereocenters. The summed E-state index contributed by atoms with van der Waals surface area (Å²) in [6.45, 7) is 0. The first-order valence-corrected chi connectivity index (χ1v) is 7.43. The van der Waals surface area contributed by atoms with Gasteiger partial charge in [-0.2, -0.15) is 0 Å². The molecule has 0 amide bonds. The summed E-state index contributed by atoms with van der Waals surface area (Å²) in [6.07, 6.45) is 0.962. The molecule has 2 rings (SSSR count). The number of hydrogen-bond donors (Lipinski definition) is 0. The molecular formula is C13H17NO4S. The van der Waals surface area contributed by atoms with Crippen LogP contribution in [-0.4, -0.2) is 39.9 Å². The fraction of sp³-hybridized carbons (Fsp3) is 0.462. The highest BCUT2D eigenvalue weighted by Crippen LogP contribution is 2.33. The lowest BCUT2D eigenvalue weighted by molar-refractivity contribution is -0.145. The Morgan fingerprint density at radius 1 is 1.32 bits per heavy atom. The van der Waals surface area contributed by atoms with Crippen LogP contribution in [0.5, 0.6) is 0 Å². The van der Waals surface area contributed by atoms with Crippen LogP contribution in [0.3, 0.4) is 0 Å². The van der Waals surface area contributed by atoms with Crippen molar-refractivity contribution in [2.24, 2.45) is 5.92 Å². The van der Waals surface area contributed by atoms with Crippen LogP contribution in [-0.2, 0) is 32.4 Å². The van der Waals surface area contributed by atoms with Gasteiger partial charge in [0.05, 0.1) is 17.9 Å². The Morgan fingerprint density at radius 3 is 2.58 bits per heavy atom. The van der Waals surface area contributed by atoms with Gasteiger partial charge in [0.15, 0.2) is 0 Å². The van der Waals surface area contributed by atoms with Crippen molar-refractivity contribution in [3.63, 3.8) is 0 Å². The van der Waals surface area contributed by atoms with Gasteiger partial charge < -0.3 is 4.74 Å². The SMILES string of the molecule is COC(=O)[C@@H]1Cc2cccc(S(=O)(=O)N(C)C)c2C1. The van der Waals surface area contributed by atoms with E-state index in [4.69, 9.17) is 4.74 Å². The van der Waals surface area contributed by atoms with Gasteiger partial charge in [-0.3, -0.25) is 4.79 Å². The van der Waals surface area contributed by atoms with E-state index in [-0.39, 0.29) is 11.9 Å². The number of benzene rings is 1. The van der Waals surface area contributed by atoms with Crippen LogP contribution in [0, 0.1) is 5.92 Å². The topological polar surface area (TPSA) is 63.7 Å². The third-order valence-electron chi connectivity index (χ3n) is 3.44. The fourth-order valence-corrected chi connectivity index (χ4v) is 3.56. The molecule has 0 aromatic heterocycles. The van der Waals surface area contributed by atoms with Crippen LogP contribution in [0.25, 0.3) is 0 Å². The molecule has 0 unspecified atom stereocenters. The number of ether oxygens (including phenoxy) is 1. The largest absolute Gasteiger partial charge is 0.469 e. The summed E-state index contributed by atoms with van der Waals surface area (Å²) in [7, 11) is 0.876. The van der Waals surface area contributed by atoms with Gasteiger partial charge in [0.2, 0.25) is 10.0 Å². The Labute approximate surface area is 113 Å². The van der Waals surface area contributed by atoms with Gasteiger partial charge >= 0.3 is 5.97 Å². The van der Waals surface area contributed by atoms with Crippen molar-refractivity contribution in [1.29, 1.82) is 0 Å². The number of nitrogens with zero attached hydrogens (tertiary/aromatic N) is 1. The van der Waals surface area contributed by atoms with E-state index in [0.717, 1.165) is 11.1 Å². The molecule has 1 aromatic carbocycles. The first-order chi connectivity index (χ1) is 8.87. The number of sulfonamides is 1. The van der Waals surface area contributed by atoms with Crippen LogP contribution in [0.4, 0.5) is 0 Å². The predicted octanol–water partition coefficient (Wildman–Crippen LogP) is 0.825. The second kappa shape index (κ2) is 4.94. The molecule has 19 heavy (non-hydrogen) atoms. The van der Waals surface area contributed by atoms with Crippen molar-refractivity contribution < 1.29 is 17.9 Å². The lowest BCUT2D eigenvalue weighted by atomic mass is 10.1. The molecule has 0 saturated carbocycles. The molecule has 0 radical (unpaired) electrons. The average Bonchev–Trinajstić information content (AvgIpc) is 2.80. The number of hydrogen-bond acceptors (Lipinski definition) is 4. The molecule has 0 fully saturated rings. The summed E-state index contributed by atoms with van der Waals surface area (Å²) in [6, 6.07) is 5.18. The molecule has 0 bridgehead atoms. The Hall–Kier alpha value is -1.40. The summed E-state index contributed by atoms with van der Waals surface area (Å²) >= 11 is 0. The molecule has 0 saturated heterocycles. The van der Waals surface area contributed by atoms with E-state index in [1.807, 2.05) is 6.07 Å². The van der Waals surface area contributed by atoms with E-state index in [9.17, 15) is 13.2 Å². The number of carbonyl (C=O) groups is 1. The van der Waals surface area contributed by atoms with Gasteiger partial charge in [-0.1, -0.05) is 12.1 Å². The highest BCUT2D eigenvalue weighted by Gasteiger charge is 2.33. The number of methoxy groups -OCH3 is 1. The van der Waals surface area contributed by atoms with Crippen molar-refractivity contribution >= 4 is 16.0 Å². The fourth-order valence-electron chi connectivity index (χ4n) is 2.39. The van der Waals surface area contributed by atoms with Gasteiger partial charge in [0.25, 0.3) is 0 Å². The Balaban J connectivity index is 2.45. The van der Waals surface area contributed by atoms with Crippen molar-refractivity contribution in [3.8, 4) is 0 Å². The molecular weight excluding hydrogens is 266 g/mol.